The van der Waals surface area contributed by atoms with Crippen LogP contribution in [0.5, 0.6) is 11.5 Å². The Morgan fingerprint density at radius 3 is 2.44 bits per heavy atom. The number of hydrogen-bond donors (Lipinski definition) is 2. The molecular weight excluding hydrogens is 374 g/mol. The van der Waals surface area contributed by atoms with Gasteiger partial charge < -0.3 is 19.9 Å². The summed E-state index contributed by atoms with van der Waals surface area (Å²) in [5.41, 5.74) is 0. The molecule has 2 aromatic rings. The van der Waals surface area contributed by atoms with Crippen LogP contribution >= 0.6 is 0 Å². The highest BCUT2D eigenvalue weighted by molar-refractivity contribution is 7.91. The number of rotatable bonds is 7. The maximum atomic E-state index is 12.8. The maximum Gasteiger partial charge on any atom is 0.412 e. The van der Waals surface area contributed by atoms with Gasteiger partial charge in [0.2, 0.25) is 9.84 Å². The molecular formula is C18H17NO7S. The molecule has 27 heavy (non-hydrogen) atoms. The molecule has 1 amide bonds. The lowest BCUT2D eigenvalue weighted by atomic mass is 10.3. The normalized spacial score (nSPS) is 10.7. The number of carbonyl (C=O) groups is 2. The molecule has 0 aliphatic rings. The van der Waals surface area contributed by atoms with Crippen LogP contribution < -0.4 is 10.1 Å². The zero-order valence-corrected chi connectivity index (χ0v) is 14.9. The predicted octanol–water partition coefficient (Wildman–Crippen LogP) is 2.04. The van der Waals surface area contributed by atoms with Gasteiger partial charge in [-0.05, 0) is 36.4 Å². The van der Waals surface area contributed by atoms with E-state index < -0.39 is 21.9 Å². The monoisotopic (exact) mass is 391 g/mol. The Balaban J connectivity index is 2.11. The third-order valence-electron chi connectivity index (χ3n) is 3.27. The highest BCUT2D eigenvalue weighted by Gasteiger charge is 2.23. The summed E-state index contributed by atoms with van der Waals surface area (Å²) in [5, 5.41) is 11.6. The molecule has 0 aromatic heterocycles. The first kappa shape index (κ1) is 20.0. The van der Waals surface area contributed by atoms with Crippen LogP contribution in [0.3, 0.4) is 0 Å². The van der Waals surface area contributed by atoms with E-state index in [0.29, 0.717) is 0 Å². The van der Waals surface area contributed by atoms with Crippen molar-refractivity contribution in [2.24, 2.45) is 0 Å². The second-order valence-electron chi connectivity index (χ2n) is 5.13. The van der Waals surface area contributed by atoms with Crippen LogP contribution in [-0.2, 0) is 19.4 Å². The van der Waals surface area contributed by atoms with Crippen LogP contribution in [-0.4, -0.2) is 38.7 Å². The first-order valence-corrected chi connectivity index (χ1v) is 9.21. The van der Waals surface area contributed by atoms with Crippen molar-refractivity contribution in [3.05, 3.63) is 61.2 Å². The van der Waals surface area contributed by atoms with Gasteiger partial charge in [-0.15, -0.1) is 0 Å². The Bertz CT molecular complexity index is 936. The number of phenolic OH excluding ortho intramolecular Hbond substituents is 1. The molecule has 0 atom stereocenters. The van der Waals surface area contributed by atoms with Gasteiger partial charge in [0.25, 0.3) is 0 Å². The van der Waals surface area contributed by atoms with Crippen molar-refractivity contribution in [3.63, 3.8) is 0 Å². The summed E-state index contributed by atoms with van der Waals surface area (Å²) in [4.78, 5) is 22.5. The van der Waals surface area contributed by atoms with Crippen molar-refractivity contribution in [3.8, 4) is 11.5 Å². The molecule has 0 heterocycles. The Hall–Kier alpha value is -3.33. The van der Waals surface area contributed by atoms with Gasteiger partial charge in [-0.25, -0.2) is 18.0 Å². The number of ether oxygens (including phenoxy) is 2. The van der Waals surface area contributed by atoms with Crippen LogP contribution in [0.15, 0.2) is 71.0 Å². The van der Waals surface area contributed by atoms with E-state index in [0.717, 1.165) is 6.08 Å². The van der Waals surface area contributed by atoms with E-state index in [1.54, 1.807) is 0 Å². The van der Waals surface area contributed by atoms with Crippen LogP contribution in [0.25, 0.3) is 0 Å². The lowest BCUT2D eigenvalue weighted by molar-refractivity contribution is -0.137. The van der Waals surface area contributed by atoms with Crippen LogP contribution in [0.2, 0.25) is 0 Å². The molecule has 9 heteroatoms. The van der Waals surface area contributed by atoms with Gasteiger partial charge in [0.15, 0.2) is 5.75 Å². The van der Waals surface area contributed by atoms with Crippen molar-refractivity contribution in [1.82, 2.24) is 5.32 Å². The number of benzene rings is 2. The van der Waals surface area contributed by atoms with E-state index in [-0.39, 0.29) is 34.4 Å². The Kier molecular flexibility index (Phi) is 6.56. The number of carbonyl (C=O) groups excluding carboxylic acids is 2. The van der Waals surface area contributed by atoms with Gasteiger partial charge in [-0.2, -0.15) is 0 Å². The summed E-state index contributed by atoms with van der Waals surface area (Å²) in [7, 11) is -3.97. The SMILES string of the molecule is C=CC(=O)OCCNC(=O)Oc1ccccc1S(=O)(=O)c1ccc(O)cc1. The molecule has 2 N–H and O–H groups in total. The lowest BCUT2D eigenvalue weighted by Crippen LogP contribution is -2.30. The van der Waals surface area contributed by atoms with Gasteiger partial charge in [-0.3, -0.25) is 0 Å². The van der Waals surface area contributed by atoms with Crippen molar-refractivity contribution < 1.29 is 32.6 Å². The van der Waals surface area contributed by atoms with Gasteiger partial charge in [0, 0.05) is 6.08 Å². The average molecular weight is 391 g/mol. The standard InChI is InChI=1S/C18H17NO7S/c1-2-17(21)25-12-11-19-18(22)26-15-5-3-4-6-16(15)27(23,24)14-9-7-13(20)8-10-14/h2-10,20H,1,11-12H2,(H,19,22). The number of phenols is 1. The quantitative estimate of drug-likeness (QED) is 0.421. The minimum absolute atomic E-state index is 0.0225. The number of para-hydroxylation sites is 1. The Morgan fingerprint density at radius 2 is 1.78 bits per heavy atom. The van der Waals surface area contributed by atoms with Gasteiger partial charge in [0.1, 0.15) is 17.3 Å². The van der Waals surface area contributed by atoms with E-state index in [1.807, 2.05) is 0 Å². The molecule has 142 valence electrons. The summed E-state index contributed by atoms with van der Waals surface area (Å²) >= 11 is 0. The summed E-state index contributed by atoms with van der Waals surface area (Å²) in [6.45, 7) is 3.12. The highest BCUT2D eigenvalue weighted by atomic mass is 32.2. The summed E-state index contributed by atoms with van der Waals surface area (Å²) in [6.07, 6.45) is 0.0842. The van der Waals surface area contributed by atoms with Crippen LogP contribution in [0.1, 0.15) is 0 Å². The molecule has 8 nitrogen and oxygen atoms in total. The first-order chi connectivity index (χ1) is 12.8. The molecule has 2 rings (SSSR count). The van der Waals surface area contributed by atoms with E-state index >= 15 is 0 Å². The number of nitrogens with one attached hydrogen (secondary N) is 1. The first-order valence-electron chi connectivity index (χ1n) is 7.72. The van der Waals surface area contributed by atoms with E-state index in [2.05, 4.69) is 11.9 Å². The second kappa shape index (κ2) is 8.86. The molecule has 2 aromatic carbocycles. The van der Waals surface area contributed by atoms with Crippen molar-refractivity contribution in [1.29, 1.82) is 0 Å². The number of amides is 1. The third-order valence-corrected chi connectivity index (χ3v) is 5.08. The van der Waals surface area contributed by atoms with Gasteiger partial charge >= 0.3 is 12.1 Å². The molecule has 0 bridgehead atoms. The molecule has 0 saturated heterocycles. The largest absolute Gasteiger partial charge is 0.508 e. The minimum atomic E-state index is -3.97. The van der Waals surface area contributed by atoms with Gasteiger partial charge in [-0.1, -0.05) is 18.7 Å². The van der Waals surface area contributed by atoms with E-state index in [9.17, 15) is 23.1 Å². The minimum Gasteiger partial charge on any atom is -0.508 e. The zero-order chi connectivity index (χ0) is 19.9. The molecule has 0 aliphatic carbocycles. The molecule has 0 saturated carbocycles. The molecule has 0 fully saturated rings. The Morgan fingerprint density at radius 1 is 1.11 bits per heavy atom. The average Bonchev–Trinajstić information content (AvgIpc) is 2.65. The van der Waals surface area contributed by atoms with E-state index in [1.165, 1.54) is 48.5 Å². The zero-order valence-electron chi connectivity index (χ0n) is 14.1. The van der Waals surface area contributed by atoms with E-state index in [4.69, 9.17) is 9.47 Å². The van der Waals surface area contributed by atoms with Crippen molar-refractivity contribution in [2.45, 2.75) is 9.79 Å². The second-order valence-corrected chi connectivity index (χ2v) is 7.05. The molecule has 0 spiro atoms. The number of hydrogen-bond acceptors (Lipinski definition) is 7. The fourth-order valence-corrected chi connectivity index (χ4v) is 3.39. The smallest absolute Gasteiger partial charge is 0.412 e. The van der Waals surface area contributed by atoms with Crippen molar-refractivity contribution >= 4 is 21.9 Å². The maximum absolute atomic E-state index is 12.8. The van der Waals surface area contributed by atoms with Crippen LogP contribution in [0.4, 0.5) is 4.79 Å². The van der Waals surface area contributed by atoms with Crippen molar-refractivity contribution in [2.75, 3.05) is 13.2 Å². The van der Waals surface area contributed by atoms with Crippen LogP contribution in [0, 0.1) is 0 Å². The predicted molar refractivity (Wildman–Crippen MR) is 95.2 cm³/mol. The number of aromatic hydroxyl groups is 1. The lowest BCUT2D eigenvalue weighted by Gasteiger charge is -2.11. The Labute approximate surface area is 156 Å². The summed E-state index contributed by atoms with van der Waals surface area (Å²) in [5.74, 6) is -0.864. The molecule has 0 aliphatic heterocycles. The third kappa shape index (κ3) is 5.32. The highest BCUT2D eigenvalue weighted by Crippen LogP contribution is 2.30. The fourth-order valence-electron chi connectivity index (χ4n) is 2.01. The number of sulfone groups is 1. The topological polar surface area (TPSA) is 119 Å². The summed E-state index contributed by atoms with van der Waals surface area (Å²) < 4.78 is 35.3. The molecule has 0 unspecified atom stereocenters. The molecule has 0 radical (unpaired) electrons. The number of esters is 1. The fraction of sp³-hybridized carbons (Fsp3) is 0.111. The summed E-state index contributed by atoms with van der Waals surface area (Å²) in [6, 6.07) is 10.6. The van der Waals surface area contributed by atoms with Gasteiger partial charge in [0.05, 0.1) is 11.4 Å².